The van der Waals surface area contributed by atoms with E-state index < -0.39 is 0 Å². The number of fused-ring (bicyclic) bond motifs is 5. The van der Waals surface area contributed by atoms with Crippen molar-refractivity contribution in [2.24, 2.45) is 35.5 Å². The molecule has 25 heavy (non-hydrogen) atoms. The van der Waals surface area contributed by atoms with Crippen molar-refractivity contribution in [1.29, 1.82) is 0 Å². The van der Waals surface area contributed by atoms with Crippen LogP contribution in [0.5, 0.6) is 0 Å². The van der Waals surface area contributed by atoms with E-state index in [0.29, 0.717) is 9.33 Å². The summed E-state index contributed by atoms with van der Waals surface area (Å²) in [7, 11) is 0. The van der Waals surface area contributed by atoms with E-state index in [1.54, 1.807) is 19.3 Å². The molecule has 3 aliphatic carbocycles. The fourth-order valence-corrected chi connectivity index (χ4v) is 10.0. The fraction of sp³-hybridized carbons (Fsp3) is 1.00. The monoisotopic (exact) mass is 398 g/mol. The van der Waals surface area contributed by atoms with Crippen LogP contribution in [-0.2, 0) is 0 Å². The molecule has 0 radical (unpaired) electrons. The summed E-state index contributed by atoms with van der Waals surface area (Å²) in [5.74, 6) is 7.42. The van der Waals surface area contributed by atoms with Gasteiger partial charge in [-0.05, 0) is 91.5 Å². The van der Waals surface area contributed by atoms with Gasteiger partial charge in [0.25, 0.3) is 0 Å². The summed E-state index contributed by atoms with van der Waals surface area (Å²) in [6.45, 7) is 2.23. The van der Waals surface area contributed by atoms with Crippen molar-refractivity contribution in [3.8, 4) is 0 Å². The summed E-state index contributed by atoms with van der Waals surface area (Å²) >= 11 is 12.3. The average molecular weight is 399 g/mol. The van der Waals surface area contributed by atoms with Crippen molar-refractivity contribution in [3.63, 3.8) is 0 Å². The molecule has 0 aromatic carbocycles. The van der Waals surface area contributed by atoms with Gasteiger partial charge in [0, 0.05) is 0 Å². The normalized spacial score (nSPS) is 47.6. The Morgan fingerprint density at radius 3 is 2.64 bits per heavy atom. The van der Waals surface area contributed by atoms with Crippen molar-refractivity contribution in [3.05, 3.63) is 0 Å². The van der Waals surface area contributed by atoms with Gasteiger partial charge in [0.15, 0.2) is 0 Å². The summed E-state index contributed by atoms with van der Waals surface area (Å²) in [4.78, 5) is 0. The van der Waals surface area contributed by atoms with Crippen LogP contribution in [0.4, 0.5) is 0 Å². The molecule has 3 saturated carbocycles. The van der Waals surface area contributed by atoms with Crippen LogP contribution in [-0.4, -0.2) is 15.1 Å². The lowest BCUT2D eigenvalue weighted by Gasteiger charge is -2.55. The van der Waals surface area contributed by atoms with E-state index in [1.807, 2.05) is 0 Å². The van der Waals surface area contributed by atoms with Crippen LogP contribution in [0.1, 0.15) is 84.0 Å². The van der Waals surface area contributed by atoms with E-state index in [-0.39, 0.29) is 0 Å². The van der Waals surface area contributed by atoms with Crippen LogP contribution in [0.3, 0.4) is 0 Å². The van der Waals surface area contributed by atoms with E-state index in [0.717, 1.165) is 35.5 Å². The maximum absolute atomic E-state index is 5.43. The highest BCUT2D eigenvalue weighted by atomic mass is 32.2. The van der Waals surface area contributed by atoms with Crippen LogP contribution in [0.25, 0.3) is 0 Å². The van der Waals surface area contributed by atoms with Crippen LogP contribution in [0, 0.1) is 35.5 Å². The predicted octanol–water partition coefficient (Wildman–Crippen LogP) is 7.10. The Kier molecular flexibility index (Phi) is 6.35. The van der Waals surface area contributed by atoms with E-state index in [1.165, 1.54) is 63.5 Å². The van der Waals surface area contributed by atoms with Gasteiger partial charge in [-0.15, -0.1) is 11.8 Å². The SMILES string of the molecule is CC(S)CCCCC1CCC2C3CCC4CCCCC4C3CSC12S. The third-order valence-electron chi connectivity index (χ3n) is 8.33. The highest BCUT2D eigenvalue weighted by Crippen LogP contribution is 2.65. The molecule has 3 heteroatoms. The molecule has 1 saturated heterocycles. The number of rotatable bonds is 5. The first-order valence-electron chi connectivity index (χ1n) is 11.1. The summed E-state index contributed by atoms with van der Waals surface area (Å²) in [5.41, 5.74) is 0. The van der Waals surface area contributed by atoms with Gasteiger partial charge < -0.3 is 0 Å². The zero-order valence-corrected chi connectivity index (χ0v) is 18.6. The Morgan fingerprint density at radius 2 is 1.80 bits per heavy atom. The Morgan fingerprint density at radius 1 is 0.960 bits per heavy atom. The van der Waals surface area contributed by atoms with Crippen molar-refractivity contribution in [2.75, 3.05) is 5.75 Å². The molecule has 1 heterocycles. The molecule has 0 amide bonds. The first kappa shape index (κ1) is 19.4. The lowest BCUT2D eigenvalue weighted by atomic mass is 9.59. The zero-order valence-electron chi connectivity index (χ0n) is 16.0. The molecule has 1 aliphatic heterocycles. The number of thioether (sulfide) groups is 1. The van der Waals surface area contributed by atoms with E-state index >= 15 is 0 Å². The second-order valence-corrected chi connectivity index (χ2v) is 12.9. The first-order chi connectivity index (χ1) is 12.1. The van der Waals surface area contributed by atoms with Gasteiger partial charge in [-0.3, -0.25) is 0 Å². The molecule has 4 fully saturated rings. The molecule has 0 N–H and O–H groups in total. The maximum Gasteiger partial charge on any atom is 0.0640 e. The van der Waals surface area contributed by atoms with Crippen molar-refractivity contribution in [1.82, 2.24) is 0 Å². The Labute approximate surface area is 171 Å². The zero-order chi connectivity index (χ0) is 17.4. The van der Waals surface area contributed by atoms with Crippen LogP contribution in [0.15, 0.2) is 0 Å². The number of hydrogen-bond acceptors (Lipinski definition) is 3. The standard InChI is InChI=1S/C22H38S3/c1-15(23)6-2-4-8-17-11-13-21-19-12-10-16-7-3-5-9-18(16)20(19)14-25-22(17,21)24/h15-21,23-24H,2-14H2,1H3. The third-order valence-corrected chi connectivity index (χ3v) is 11.3. The fourth-order valence-electron chi connectivity index (χ4n) is 7.10. The lowest BCUT2D eigenvalue weighted by Crippen LogP contribution is -2.49. The topological polar surface area (TPSA) is 0 Å². The van der Waals surface area contributed by atoms with Gasteiger partial charge in [0.05, 0.1) is 4.08 Å². The second kappa shape index (κ2) is 8.19. The van der Waals surface area contributed by atoms with Crippen molar-refractivity contribution in [2.45, 2.75) is 93.3 Å². The van der Waals surface area contributed by atoms with E-state index in [9.17, 15) is 0 Å². The Balaban J connectivity index is 1.39. The molecule has 0 aromatic rings. The number of unbranched alkanes of at least 4 members (excludes halogenated alkanes) is 1. The smallest absolute Gasteiger partial charge is 0.0640 e. The Bertz CT molecular complexity index is 451. The van der Waals surface area contributed by atoms with Gasteiger partial charge in [-0.25, -0.2) is 0 Å². The molecule has 0 bridgehead atoms. The van der Waals surface area contributed by atoms with Crippen LogP contribution in [0.2, 0.25) is 0 Å². The minimum Gasteiger partial charge on any atom is -0.176 e. The molecular formula is C22H38S3. The van der Waals surface area contributed by atoms with E-state index in [2.05, 4.69) is 31.3 Å². The van der Waals surface area contributed by atoms with Crippen LogP contribution < -0.4 is 0 Å². The van der Waals surface area contributed by atoms with Crippen molar-refractivity contribution < 1.29 is 0 Å². The highest BCUT2D eigenvalue weighted by molar-refractivity contribution is 8.11. The molecule has 0 nitrogen and oxygen atoms in total. The van der Waals surface area contributed by atoms with Gasteiger partial charge in [-0.2, -0.15) is 25.3 Å². The first-order valence-corrected chi connectivity index (χ1v) is 13.1. The summed E-state index contributed by atoms with van der Waals surface area (Å²) < 4.78 is 0.315. The van der Waals surface area contributed by atoms with Crippen LogP contribution >= 0.6 is 37.0 Å². The number of thiol groups is 2. The van der Waals surface area contributed by atoms with Gasteiger partial charge in [-0.1, -0.05) is 39.0 Å². The minimum atomic E-state index is 0.315. The average Bonchev–Trinajstić information content (AvgIpc) is 2.95. The highest BCUT2D eigenvalue weighted by Gasteiger charge is 2.57. The molecule has 4 aliphatic rings. The van der Waals surface area contributed by atoms with Gasteiger partial charge >= 0.3 is 0 Å². The summed E-state index contributed by atoms with van der Waals surface area (Å²) in [6.07, 6.45) is 17.6. The largest absolute Gasteiger partial charge is 0.176 e. The maximum atomic E-state index is 5.43. The molecule has 0 spiro atoms. The molecule has 0 aromatic heterocycles. The quantitative estimate of drug-likeness (QED) is 0.368. The summed E-state index contributed by atoms with van der Waals surface area (Å²) in [6, 6.07) is 0. The third kappa shape index (κ3) is 3.82. The second-order valence-electron chi connectivity index (χ2n) is 9.69. The minimum absolute atomic E-state index is 0.315. The molecule has 8 unspecified atom stereocenters. The van der Waals surface area contributed by atoms with Gasteiger partial charge in [0.1, 0.15) is 0 Å². The Hall–Kier alpha value is 1.05. The predicted molar refractivity (Wildman–Crippen MR) is 119 cm³/mol. The van der Waals surface area contributed by atoms with Crippen molar-refractivity contribution >= 4 is 37.0 Å². The van der Waals surface area contributed by atoms with Gasteiger partial charge in [0.2, 0.25) is 0 Å². The molecule has 144 valence electrons. The summed E-state index contributed by atoms with van der Waals surface area (Å²) in [5, 5.41) is 0.566. The lowest BCUT2D eigenvalue weighted by molar-refractivity contribution is 0.0331. The number of hydrogen-bond donors (Lipinski definition) is 2. The molecular weight excluding hydrogens is 360 g/mol. The molecule has 8 atom stereocenters. The molecule has 4 rings (SSSR count). The van der Waals surface area contributed by atoms with E-state index in [4.69, 9.17) is 12.6 Å².